The molecular weight excluding hydrogens is 265 g/mol. The summed E-state index contributed by atoms with van der Waals surface area (Å²) in [6.07, 6.45) is 2.68. The van der Waals surface area contributed by atoms with Crippen LogP contribution in [0.3, 0.4) is 0 Å². The van der Waals surface area contributed by atoms with E-state index in [0.717, 1.165) is 4.70 Å². The van der Waals surface area contributed by atoms with Gasteiger partial charge < -0.3 is 0 Å². The molecule has 0 fully saturated rings. The minimum atomic E-state index is -0.426. The summed E-state index contributed by atoms with van der Waals surface area (Å²) >= 11 is 1.28. The second-order valence-corrected chi connectivity index (χ2v) is 3.04. The quantitative estimate of drug-likeness (QED) is 0.451. The smallest absolute Gasteiger partial charge is 0.281 e. The Morgan fingerprint density at radius 3 is 3.00 bits per heavy atom. The molecule has 0 saturated heterocycles. The molecule has 0 aliphatic carbocycles. The number of nitro benzene ring substituents is 1. The van der Waals surface area contributed by atoms with Gasteiger partial charge in [0.1, 0.15) is 0 Å². The van der Waals surface area contributed by atoms with Gasteiger partial charge in [-0.15, -0.1) is 16.9 Å². The van der Waals surface area contributed by atoms with E-state index in [9.17, 15) is 10.1 Å². The number of nitro groups is 1. The van der Waals surface area contributed by atoms with E-state index in [4.69, 9.17) is 0 Å². The molecule has 1 aromatic heterocycles. The first kappa shape index (κ1) is 10.7. The first-order valence-electron chi connectivity index (χ1n) is 3.19. The van der Waals surface area contributed by atoms with Gasteiger partial charge in [-0.25, -0.2) is 0 Å². The topological polar surface area (TPSA) is 56.0 Å². The molecule has 0 aliphatic rings. The number of fused-ring (bicyclic) bond motifs is 1. The summed E-state index contributed by atoms with van der Waals surface area (Å²) in [5.41, 5.74) is 0.0824. The Hall–Kier alpha value is -0.386. The van der Waals surface area contributed by atoms with Crippen molar-refractivity contribution in [1.29, 1.82) is 0 Å². The molecule has 4 nitrogen and oxygen atoms in total. The number of benzene rings is 1. The van der Waals surface area contributed by atoms with Crippen LogP contribution in [0.5, 0.6) is 0 Å². The van der Waals surface area contributed by atoms with Gasteiger partial charge in [0.05, 0.1) is 0 Å². The van der Waals surface area contributed by atoms with E-state index < -0.39 is 4.92 Å². The zero-order valence-corrected chi connectivity index (χ0v) is 10.1. The standard InChI is InChI=1S/C7H3N2O2S.Y/c10-9(11)6-1-2-7-5(3-6)4-8-12-7;/h1-3H;/q-1;+3. The molecule has 13 heavy (non-hydrogen) atoms. The van der Waals surface area contributed by atoms with Crippen LogP contribution in [0.1, 0.15) is 0 Å². The van der Waals surface area contributed by atoms with Crippen molar-refractivity contribution >= 4 is 27.3 Å². The molecule has 1 aromatic carbocycles. The largest absolute Gasteiger partial charge is 3.00 e. The van der Waals surface area contributed by atoms with Crippen LogP contribution in [-0.4, -0.2) is 9.30 Å². The fourth-order valence-corrected chi connectivity index (χ4v) is 1.49. The monoisotopic (exact) mass is 268 g/mol. The van der Waals surface area contributed by atoms with E-state index >= 15 is 0 Å². The van der Waals surface area contributed by atoms with Gasteiger partial charge in [-0.1, -0.05) is 23.0 Å². The van der Waals surface area contributed by atoms with E-state index in [1.807, 2.05) is 0 Å². The molecule has 0 spiro atoms. The van der Waals surface area contributed by atoms with Crippen LogP contribution in [0.25, 0.3) is 10.1 Å². The maximum Gasteiger partial charge on any atom is 3.00 e. The Labute approximate surface area is 103 Å². The van der Waals surface area contributed by atoms with Crippen molar-refractivity contribution < 1.29 is 37.6 Å². The summed E-state index contributed by atoms with van der Waals surface area (Å²) in [7, 11) is 0. The summed E-state index contributed by atoms with van der Waals surface area (Å²) in [6.45, 7) is 0. The molecule has 0 bridgehead atoms. The van der Waals surface area contributed by atoms with Crippen LogP contribution >= 0.6 is 11.5 Å². The first-order chi connectivity index (χ1) is 5.77. The van der Waals surface area contributed by atoms with Crippen molar-refractivity contribution in [2.45, 2.75) is 0 Å². The molecular formula is C7H3N2O2SY+2. The predicted molar refractivity (Wildman–Crippen MR) is 45.1 cm³/mol. The molecule has 1 heterocycles. The second-order valence-electron chi connectivity index (χ2n) is 2.23. The molecule has 6 heteroatoms. The van der Waals surface area contributed by atoms with Crippen molar-refractivity contribution in [2.75, 3.05) is 0 Å². The number of nitrogens with zero attached hydrogens (tertiary/aromatic N) is 2. The molecule has 2 aromatic rings. The molecule has 2 rings (SSSR count). The number of hydrogen-bond donors (Lipinski definition) is 0. The molecule has 0 amide bonds. The number of rotatable bonds is 1. The molecule has 0 atom stereocenters. The fourth-order valence-electron chi connectivity index (χ4n) is 0.920. The van der Waals surface area contributed by atoms with Crippen LogP contribution in [0.4, 0.5) is 5.69 Å². The van der Waals surface area contributed by atoms with Gasteiger partial charge in [0.15, 0.2) is 0 Å². The normalized spacial score (nSPS) is 9.54. The van der Waals surface area contributed by atoms with Gasteiger partial charge in [0.25, 0.3) is 0 Å². The molecule has 0 unspecified atom stereocenters. The van der Waals surface area contributed by atoms with E-state index in [1.54, 1.807) is 6.07 Å². The fraction of sp³-hybridized carbons (Fsp3) is 0. The van der Waals surface area contributed by atoms with E-state index in [-0.39, 0.29) is 38.4 Å². The van der Waals surface area contributed by atoms with Crippen LogP contribution in [0.2, 0.25) is 0 Å². The molecule has 0 radical (unpaired) electrons. The zero-order valence-electron chi connectivity index (χ0n) is 6.43. The maximum atomic E-state index is 10.3. The molecule has 0 saturated carbocycles. The van der Waals surface area contributed by atoms with E-state index in [1.165, 1.54) is 23.7 Å². The van der Waals surface area contributed by atoms with E-state index in [2.05, 4.69) is 10.6 Å². The Bertz CT molecular complexity index is 443. The van der Waals surface area contributed by atoms with Gasteiger partial charge in [-0.2, -0.15) is 0 Å². The Morgan fingerprint density at radius 2 is 2.31 bits per heavy atom. The van der Waals surface area contributed by atoms with Gasteiger partial charge in [-0.05, 0) is 6.07 Å². The van der Waals surface area contributed by atoms with Crippen LogP contribution in [0, 0.1) is 16.3 Å². The summed E-state index contributed by atoms with van der Waals surface area (Å²) < 4.78 is 4.71. The Morgan fingerprint density at radius 1 is 1.54 bits per heavy atom. The summed E-state index contributed by atoms with van der Waals surface area (Å²) in [6, 6.07) is 4.62. The van der Waals surface area contributed by atoms with Crippen molar-refractivity contribution in [1.82, 2.24) is 4.37 Å². The first-order valence-corrected chi connectivity index (χ1v) is 3.96. The number of aromatic nitrogens is 1. The minimum Gasteiger partial charge on any atom is -0.281 e. The zero-order chi connectivity index (χ0) is 8.55. The molecule has 0 N–H and O–H groups in total. The van der Waals surface area contributed by atoms with Crippen LogP contribution in [-0.2, 0) is 32.7 Å². The third-order valence-corrected chi connectivity index (χ3v) is 2.22. The Kier molecular flexibility index (Phi) is 3.47. The SMILES string of the molecule is O=[N+]([O-])c1ccc2sn[c-]c2c1.[Y+3]. The van der Waals surface area contributed by atoms with Gasteiger partial charge in [0.2, 0.25) is 5.69 Å². The minimum absolute atomic E-state index is 0. The van der Waals surface area contributed by atoms with Crippen molar-refractivity contribution in [3.63, 3.8) is 0 Å². The average molecular weight is 268 g/mol. The van der Waals surface area contributed by atoms with Gasteiger partial charge >= 0.3 is 32.7 Å². The average Bonchev–Trinajstić information content (AvgIpc) is 2.49. The third-order valence-electron chi connectivity index (χ3n) is 1.48. The third kappa shape index (κ3) is 2.10. The number of hydrogen-bond acceptors (Lipinski definition) is 4. The molecule has 0 aliphatic heterocycles. The van der Waals surface area contributed by atoms with Gasteiger partial charge in [0, 0.05) is 4.92 Å². The number of non-ortho nitro benzene ring substituents is 1. The van der Waals surface area contributed by atoms with Crippen molar-refractivity contribution in [3.05, 3.63) is 34.5 Å². The van der Waals surface area contributed by atoms with Gasteiger partial charge in [-0.3, -0.25) is 14.5 Å². The van der Waals surface area contributed by atoms with Crippen LogP contribution in [0.15, 0.2) is 18.2 Å². The van der Waals surface area contributed by atoms with E-state index in [0.29, 0.717) is 5.39 Å². The van der Waals surface area contributed by atoms with Crippen molar-refractivity contribution in [3.8, 4) is 0 Å². The van der Waals surface area contributed by atoms with Crippen LogP contribution < -0.4 is 0 Å². The molecule has 60 valence electrons. The predicted octanol–water partition coefficient (Wildman–Crippen LogP) is 2.00. The summed E-state index contributed by atoms with van der Waals surface area (Å²) in [5.74, 6) is 0. The second kappa shape index (κ2) is 4.22. The summed E-state index contributed by atoms with van der Waals surface area (Å²) in [4.78, 5) is 9.92. The summed E-state index contributed by atoms with van der Waals surface area (Å²) in [5, 5.41) is 11.0. The Balaban J connectivity index is 0.000000845. The van der Waals surface area contributed by atoms with Crippen molar-refractivity contribution in [2.24, 2.45) is 0 Å². The maximum absolute atomic E-state index is 10.3.